The maximum Gasteiger partial charge on any atom is 0.243 e. The van der Waals surface area contributed by atoms with Gasteiger partial charge in [-0.3, -0.25) is 0 Å². The smallest absolute Gasteiger partial charge is 0.243 e. The molecule has 0 aromatic heterocycles. The fraction of sp³-hybridized carbons (Fsp3) is 0.667. The van der Waals surface area contributed by atoms with Crippen molar-refractivity contribution in [2.75, 3.05) is 6.54 Å². The van der Waals surface area contributed by atoms with Crippen LogP contribution in [0.2, 0.25) is 0 Å². The highest BCUT2D eigenvalue weighted by Gasteiger charge is 2.03. The van der Waals surface area contributed by atoms with Crippen molar-refractivity contribution in [2.45, 2.75) is 6.92 Å². The van der Waals surface area contributed by atoms with Gasteiger partial charge in [-0.2, -0.15) is 5.01 Å². The Bertz CT molecular complexity index is 155. The molecular weight excluding hydrogens is 138 g/mol. The fourth-order valence-corrected chi connectivity index (χ4v) is 0.355. The summed E-state index contributed by atoms with van der Waals surface area (Å²) in [5.74, 6) is -0.299. The van der Waals surface area contributed by atoms with Crippen LogP contribution in [0.4, 0.5) is 0 Å². The predicted molar refractivity (Wildman–Crippen MR) is 35.6 cm³/mol. The van der Waals surface area contributed by atoms with E-state index in [4.69, 9.17) is 5.73 Å². The number of nitroso groups, excluding NO2 is 2. The highest BCUT2D eigenvalue weighted by Crippen LogP contribution is 1.86. The third-order valence-corrected chi connectivity index (χ3v) is 0.806. The molecule has 0 atom stereocenters. The first-order chi connectivity index (χ1) is 4.76. The first kappa shape index (κ1) is 8.47. The van der Waals surface area contributed by atoms with Crippen LogP contribution in [0.5, 0.6) is 0 Å². The minimum atomic E-state index is -0.299. The molecule has 0 unspecified atom stereocenters. The molecule has 7 heteroatoms. The Kier molecular flexibility index (Phi) is 3.69. The number of hydrogen-bond donors (Lipinski definition) is 1. The molecule has 0 aromatic rings. The van der Waals surface area contributed by atoms with E-state index in [1.165, 1.54) is 0 Å². The van der Waals surface area contributed by atoms with E-state index in [0.717, 1.165) is 5.01 Å². The van der Waals surface area contributed by atoms with E-state index in [2.05, 4.69) is 15.7 Å². The van der Waals surface area contributed by atoms with Crippen molar-refractivity contribution >= 4 is 5.96 Å². The van der Waals surface area contributed by atoms with Gasteiger partial charge in [-0.15, -0.1) is 9.81 Å². The van der Waals surface area contributed by atoms with Crippen molar-refractivity contribution in [1.29, 1.82) is 0 Å². The third-order valence-electron chi connectivity index (χ3n) is 0.806. The molecule has 0 aliphatic rings. The van der Waals surface area contributed by atoms with Crippen LogP contribution in [0.15, 0.2) is 15.7 Å². The molecule has 0 aliphatic heterocycles. The average molecular weight is 145 g/mol. The quantitative estimate of drug-likeness (QED) is 0.261. The highest BCUT2D eigenvalue weighted by molar-refractivity contribution is 5.77. The average Bonchev–Trinajstić information content (AvgIpc) is 1.91. The van der Waals surface area contributed by atoms with Gasteiger partial charge in [0.05, 0.1) is 10.6 Å². The van der Waals surface area contributed by atoms with E-state index in [0.29, 0.717) is 0 Å². The molecule has 0 amide bonds. The molecule has 0 saturated carbocycles. The molecule has 0 rings (SSSR count). The second kappa shape index (κ2) is 4.36. The van der Waals surface area contributed by atoms with Crippen LogP contribution in [-0.2, 0) is 0 Å². The maximum absolute atomic E-state index is 9.82. The second-order valence-corrected chi connectivity index (χ2v) is 1.34. The number of nitrogens with two attached hydrogens (primary N) is 1. The van der Waals surface area contributed by atoms with Crippen LogP contribution in [0.25, 0.3) is 0 Å². The van der Waals surface area contributed by atoms with Crippen molar-refractivity contribution in [1.82, 2.24) is 5.01 Å². The van der Waals surface area contributed by atoms with Crippen LogP contribution < -0.4 is 5.73 Å². The zero-order valence-electron chi connectivity index (χ0n) is 5.39. The molecule has 56 valence electrons. The minimum Gasteiger partial charge on any atom is -0.367 e. The van der Waals surface area contributed by atoms with Crippen LogP contribution >= 0.6 is 0 Å². The van der Waals surface area contributed by atoms with Gasteiger partial charge in [-0.1, -0.05) is 5.10 Å². The normalized spacial score (nSPS) is 10.7. The van der Waals surface area contributed by atoms with Crippen molar-refractivity contribution in [3.8, 4) is 0 Å². The molecular formula is C3H7N5O2. The van der Waals surface area contributed by atoms with Gasteiger partial charge < -0.3 is 5.73 Å². The summed E-state index contributed by atoms with van der Waals surface area (Å²) in [5, 5.41) is 8.25. The Morgan fingerprint density at radius 3 is 2.50 bits per heavy atom. The van der Waals surface area contributed by atoms with E-state index >= 15 is 0 Å². The largest absolute Gasteiger partial charge is 0.367 e. The molecule has 0 heterocycles. The van der Waals surface area contributed by atoms with Crippen LogP contribution in [0.3, 0.4) is 0 Å². The lowest BCUT2D eigenvalue weighted by Crippen LogP contribution is -2.32. The molecule has 0 bridgehead atoms. The zero-order chi connectivity index (χ0) is 7.98. The maximum atomic E-state index is 9.82. The molecule has 0 spiro atoms. The summed E-state index contributed by atoms with van der Waals surface area (Å²) in [5.41, 5.74) is 5.04. The molecule has 0 saturated heterocycles. The zero-order valence-corrected chi connectivity index (χ0v) is 5.39. The summed E-state index contributed by atoms with van der Waals surface area (Å²) in [4.78, 5) is 19.3. The van der Waals surface area contributed by atoms with E-state index in [9.17, 15) is 9.81 Å². The number of hydrogen-bond acceptors (Lipinski definition) is 4. The monoisotopic (exact) mass is 145 g/mol. The summed E-state index contributed by atoms with van der Waals surface area (Å²) in [6.45, 7) is 1.89. The van der Waals surface area contributed by atoms with Gasteiger partial charge in [0, 0.05) is 6.54 Å². The lowest BCUT2D eigenvalue weighted by Gasteiger charge is -2.07. The van der Waals surface area contributed by atoms with Crippen LogP contribution in [0.1, 0.15) is 6.92 Å². The van der Waals surface area contributed by atoms with Gasteiger partial charge in [0.25, 0.3) is 0 Å². The molecule has 0 aromatic carbocycles. The first-order valence-electron chi connectivity index (χ1n) is 2.52. The standard InChI is InChI=1S/C3H7N5O2/c1-2-8(7-10)3(4)5-6-9/h2H2,1H3,(H2,4,5,9). The van der Waals surface area contributed by atoms with Crippen molar-refractivity contribution in [3.05, 3.63) is 9.81 Å². The van der Waals surface area contributed by atoms with Gasteiger partial charge in [0.2, 0.25) is 5.96 Å². The van der Waals surface area contributed by atoms with Crippen molar-refractivity contribution < 1.29 is 0 Å². The topological polar surface area (TPSA) is 100 Å². The number of rotatable bonds is 3. The van der Waals surface area contributed by atoms with Crippen molar-refractivity contribution in [2.24, 2.45) is 21.4 Å². The molecule has 0 aliphatic carbocycles. The Labute approximate surface area is 56.8 Å². The van der Waals surface area contributed by atoms with E-state index in [-0.39, 0.29) is 12.5 Å². The van der Waals surface area contributed by atoms with Crippen LogP contribution in [-0.4, -0.2) is 17.5 Å². The summed E-state index contributed by atoms with van der Waals surface area (Å²) < 4.78 is 0. The Balaban J connectivity index is 4.12. The highest BCUT2D eigenvalue weighted by atomic mass is 16.3. The molecule has 0 fully saturated rings. The van der Waals surface area contributed by atoms with E-state index < -0.39 is 0 Å². The molecule has 10 heavy (non-hydrogen) atoms. The van der Waals surface area contributed by atoms with E-state index in [1.54, 1.807) is 6.92 Å². The van der Waals surface area contributed by atoms with Gasteiger partial charge in [0.15, 0.2) is 0 Å². The van der Waals surface area contributed by atoms with Crippen molar-refractivity contribution in [3.63, 3.8) is 0 Å². The summed E-state index contributed by atoms with van der Waals surface area (Å²) in [7, 11) is 0. The Hall–Kier alpha value is -1.53. The van der Waals surface area contributed by atoms with E-state index in [1.807, 2.05) is 0 Å². The second-order valence-electron chi connectivity index (χ2n) is 1.34. The van der Waals surface area contributed by atoms with Gasteiger partial charge in [-0.25, -0.2) is 0 Å². The lowest BCUT2D eigenvalue weighted by atomic mass is 10.7. The lowest BCUT2D eigenvalue weighted by molar-refractivity contribution is 0.457. The summed E-state index contributed by atoms with van der Waals surface area (Å²) in [6, 6.07) is 0. The molecule has 2 N–H and O–H groups in total. The SMILES string of the molecule is CCN(N=O)C(N)=NN=O. The molecule has 0 radical (unpaired) electrons. The molecule has 7 nitrogen and oxygen atoms in total. The number of guanidine groups is 1. The Morgan fingerprint density at radius 1 is 1.60 bits per heavy atom. The Morgan fingerprint density at radius 2 is 2.20 bits per heavy atom. The number of nitrogens with zero attached hydrogens (tertiary/aromatic N) is 4. The third kappa shape index (κ3) is 2.16. The van der Waals surface area contributed by atoms with Gasteiger partial charge in [0.1, 0.15) is 0 Å². The van der Waals surface area contributed by atoms with Crippen LogP contribution in [0, 0.1) is 9.81 Å². The summed E-state index contributed by atoms with van der Waals surface area (Å²) >= 11 is 0. The fourth-order valence-electron chi connectivity index (χ4n) is 0.355. The van der Waals surface area contributed by atoms with Gasteiger partial charge in [-0.05, 0) is 6.92 Å². The summed E-state index contributed by atoms with van der Waals surface area (Å²) in [6.07, 6.45) is 0. The predicted octanol–water partition coefficient (Wildman–Crippen LogP) is -0.0142. The first-order valence-corrected chi connectivity index (χ1v) is 2.52. The minimum absolute atomic E-state index is 0.258. The van der Waals surface area contributed by atoms with Gasteiger partial charge >= 0.3 is 0 Å².